The number of aromatic nitrogens is 2. The van der Waals surface area contributed by atoms with E-state index in [-0.39, 0.29) is 5.91 Å². The zero-order valence-electron chi connectivity index (χ0n) is 11.6. The van der Waals surface area contributed by atoms with Gasteiger partial charge in [0.1, 0.15) is 0 Å². The second kappa shape index (κ2) is 5.28. The number of hydrogen-bond acceptors (Lipinski definition) is 3. The maximum absolute atomic E-state index is 12.7. The van der Waals surface area contributed by atoms with E-state index in [1.165, 1.54) is 0 Å². The molecule has 104 valence electrons. The summed E-state index contributed by atoms with van der Waals surface area (Å²) in [6.07, 6.45) is 2.72. The van der Waals surface area contributed by atoms with Crippen LogP contribution in [0.15, 0.2) is 0 Å². The van der Waals surface area contributed by atoms with Gasteiger partial charge in [0, 0.05) is 31.7 Å². The highest BCUT2D eigenvalue weighted by Crippen LogP contribution is 2.29. The Labute approximate surface area is 118 Å². The van der Waals surface area contributed by atoms with Crippen LogP contribution in [-0.2, 0) is 7.05 Å². The van der Waals surface area contributed by atoms with Crippen LogP contribution in [0.1, 0.15) is 41.0 Å². The van der Waals surface area contributed by atoms with E-state index in [1.54, 1.807) is 4.68 Å². The van der Waals surface area contributed by atoms with Crippen molar-refractivity contribution in [3.63, 3.8) is 0 Å². The fraction of sp³-hybridized carbons (Fsp3) is 0.615. The highest BCUT2D eigenvalue weighted by atomic mass is 32.1. The van der Waals surface area contributed by atoms with Crippen LogP contribution in [0.2, 0.25) is 0 Å². The number of amides is 1. The number of nitrogens with two attached hydrogens (primary N) is 1. The SMILES string of the molecule is Cc1nn(C)c(C)c1C(=O)N(CCC(N)=S)C1CC1. The van der Waals surface area contributed by atoms with Crippen LogP contribution in [0.25, 0.3) is 0 Å². The molecular weight excluding hydrogens is 260 g/mol. The molecule has 1 saturated carbocycles. The highest BCUT2D eigenvalue weighted by Gasteiger charge is 2.34. The molecule has 1 fully saturated rings. The number of carbonyl (C=O) groups excluding carboxylic acids is 1. The third-order valence-corrected chi connectivity index (χ3v) is 3.77. The topological polar surface area (TPSA) is 64.2 Å². The first-order valence-electron chi connectivity index (χ1n) is 6.51. The van der Waals surface area contributed by atoms with Gasteiger partial charge in [-0.25, -0.2) is 0 Å². The second-order valence-corrected chi connectivity index (χ2v) is 5.64. The van der Waals surface area contributed by atoms with E-state index in [1.807, 2.05) is 25.8 Å². The van der Waals surface area contributed by atoms with Gasteiger partial charge in [0.05, 0.1) is 16.2 Å². The molecule has 0 spiro atoms. The van der Waals surface area contributed by atoms with Gasteiger partial charge in [-0.1, -0.05) is 12.2 Å². The zero-order chi connectivity index (χ0) is 14.2. The fourth-order valence-corrected chi connectivity index (χ4v) is 2.38. The van der Waals surface area contributed by atoms with Gasteiger partial charge in [0.2, 0.25) is 0 Å². The third kappa shape index (κ3) is 2.94. The van der Waals surface area contributed by atoms with Gasteiger partial charge in [0.25, 0.3) is 5.91 Å². The molecule has 1 aromatic heterocycles. The molecule has 1 aliphatic carbocycles. The van der Waals surface area contributed by atoms with Crippen LogP contribution in [-0.4, -0.2) is 38.2 Å². The molecule has 0 aromatic carbocycles. The molecule has 5 nitrogen and oxygen atoms in total. The van der Waals surface area contributed by atoms with Crippen molar-refractivity contribution in [2.45, 2.75) is 39.2 Å². The average Bonchev–Trinajstić information content (AvgIpc) is 3.09. The molecule has 0 saturated heterocycles. The van der Waals surface area contributed by atoms with Crippen molar-refractivity contribution in [3.05, 3.63) is 17.0 Å². The first-order valence-corrected chi connectivity index (χ1v) is 6.92. The minimum Gasteiger partial charge on any atom is -0.393 e. The van der Waals surface area contributed by atoms with E-state index in [0.29, 0.717) is 24.0 Å². The first-order chi connectivity index (χ1) is 8.91. The van der Waals surface area contributed by atoms with Crippen LogP contribution in [0.5, 0.6) is 0 Å². The summed E-state index contributed by atoms with van der Waals surface area (Å²) in [6.45, 7) is 4.40. The van der Waals surface area contributed by atoms with Gasteiger partial charge in [-0.3, -0.25) is 9.48 Å². The van der Waals surface area contributed by atoms with Crippen molar-refractivity contribution in [1.29, 1.82) is 0 Å². The maximum atomic E-state index is 12.7. The standard InChI is InChI=1S/C13H20N4OS/c1-8-12(9(2)16(3)15-8)13(18)17(10-4-5-10)7-6-11(14)19/h10H,4-7H2,1-3H3,(H2,14,19). The highest BCUT2D eigenvalue weighted by molar-refractivity contribution is 7.80. The lowest BCUT2D eigenvalue weighted by molar-refractivity contribution is 0.0746. The van der Waals surface area contributed by atoms with Gasteiger partial charge in [-0.05, 0) is 26.7 Å². The van der Waals surface area contributed by atoms with Crippen molar-refractivity contribution < 1.29 is 4.79 Å². The van der Waals surface area contributed by atoms with Gasteiger partial charge in [-0.2, -0.15) is 5.10 Å². The Morgan fingerprint density at radius 2 is 2.16 bits per heavy atom. The quantitative estimate of drug-likeness (QED) is 0.826. The van der Waals surface area contributed by atoms with Crippen LogP contribution in [0, 0.1) is 13.8 Å². The minimum atomic E-state index is 0.0573. The van der Waals surface area contributed by atoms with Crippen molar-refractivity contribution in [2.24, 2.45) is 12.8 Å². The Bertz CT molecular complexity index is 519. The lowest BCUT2D eigenvalue weighted by Crippen LogP contribution is -2.36. The maximum Gasteiger partial charge on any atom is 0.257 e. The second-order valence-electron chi connectivity index (χ2n) is 5.12. The summed E-state index contributed by atoms with van der Waals surface area (Å²) >= 11 is 4.90. The lowest BCUT2D eigenvalue weighted by atomic mass is 10.1. The number of nitrogens with zero attached hydrogens (tertiary/aromatic N) is 3. The van der Waals surface area contributed by atoms with Gasteiger partial charge in [-0.15, -0.1) is 0 Å². The Hall–Kier alpha value is -1.43. The van der Waals surface area contributed by atoms with E-state index in [9.17, 15) is 4.79 Å². The Morgan fingerprint density at radius 3 is 2.58 bits per heavy atom. The van der Waals surface area contributed by atoms with Crippen LogP contribution < -0.4 is 5.73 Å². The molecule has 0 bridgehead atoms. The molecule has 1 aromatic rings. The normalized spacial score (nSPS) is 14.5. The summed E-state index contributed by atoms with van der Waals surface area (Å²) in [5.74, 6) is 0.0573. The summed E-state index contributed by atoms with van der Waals surface area (Å²) < 4.78 is 1.75. The van der Waals surface area contributed by atoms with Gasteiger partial charge in [0.15, 0.2) is 0 Å². The molecule has 1 heterocycles. The molecule has 19 heavy (non-hydrogen) atoms. The molecule has 0 aliphatic heterocycles. The molecule has 6 heteroatoms. The van der Waals surface area contributed by atoms with E-state index < -0.39 is 0 Å². The Morgan fingerprint density at radius 1 is 1.53 bits per heavy atom. The zero-order valence-corrected chi connectivity index (χ0v) is 12.5. The largest absolute Gasteiger partial charge is 0.393 e. The predicted octanol–water partition coefficient (Wildman–Crippen LogP) is 1.32. The van der Waals surface area contributed by atoms with Gasteiger partial charge < -0.3 is 10.6 Å². The summed E-state index contributed by atoms with van der Waals surface area (Å²) in [5, 5.41) is 4.31. The summed E-state index contributed by atoms with van der Waals surface area (Å²) in [4.78, 5) is 15.0. The molecule has 2 rings (SSSR count). The number of thiocarbonyl (C=S) groups is 1. The van der Waals surface area contributed by atoms with E-state index >= 15 is 0 Å². The van der Waals surface area contributed by atoms with Crippen LogP contribution >= 0.6 is 12.2 Å². The smallest absolute Gasteiger partial charge is 0.257 e. The molecule has 2 N–H and O–H groups in total. The molecule has 1 aliphatic rings. The van der Waals surface area contributed by atoms with Crippen molar-refractivity contribution in [1.82, 2.24) is 14.7 Å². The molecule has 0 unspecified atom stereocenters. The van der Waals surface area contributed by atoms with Crippen molar-refractivity contribution in [3.8, 4) is 0 Å². The molecular formula is C13H20N4OS. The van der Waals surface area contributed by atoms with Crippen molar-refractivity contribution in [2.75, 3.05) is 6.54 Å². The Kier molecular flexibility index (Phi) is 3.89. The third-order valence-electron chi connectivity index (χ3n) is 3.57. The average molecular weight is 280 g/mol. The summed E-state index contributed by atoms with van der Waals surface area (Å²) in [6, 6.07) is 0.348. The molecule has 1 amide bonds. The number of aryl methyl sites for hydroxylation is 2. The first kappa shape index (κ1) is 14.0. The minimum absolute atomic E-state index is 0.0573. The summed E-state index contributed by atoms with van der Waals surface area (Å²) in [7, 11) is 1.86. The van der Waals surface area contributed by atoms with Crippen molar-refractivity contribution >= 4 is 23.1 Å². The lowest BCUT2D eigenvalue weighted by Gasteiger charge is -2.22. The Balaban J connectivity index is 2.21. The van der Waals surface area contributed by atoms with Crippen LogP contribution in [0.4, 0.5) is 0 Å². The summed E-state index contributed by atoms with van der Waals surface area (Å²) in [5.41, 5.74) is 7.95. The van der Waals surface area contributed by atoms with E-state index in [2.05, 4.69) is 5.10 Å². The predicted molar refractivity (Wildman–Crippen MR) is 78.1 cm³/mol. The van der Waals surface area contributed by atoms with E-state index in [0.717, 1.165) is 29.8 Å². The monoisotopic (exact) mass is 280 g/mol. The molecule has 0 radical (unpaired) electrons. The number of carbonyl (C=O) groups is 1. The molecule has 0 atom stereocenters. The van der Waals surface area contributed by atoms with Gasteiger partial charge >= 0.3 is 0 Å². The van der Waals surface area contributed by atoms with E-state index in [4.69, 9.17) is 18.0 Å². The fourth-order valence-electron chi connectivity index (χ4n) is 2.29. The van der Waals surface area contributed by atoms with Crippen LogP contribution in [0.3, 0.4) is 0 Å². The number of hydrogen-bond donors (Lipinski definition) is 1. The number of rotatable bonds is 5.